The van der Waals surface area contributed by atoms with Gasteiger partial charge in [0.15, 0.2) is 6.17 Å². The predicted octanol–water partition coefficient (Wildman–Crippen LogP) is 3.68. The van der Waals surface area contributed by atoms with Crippen LogP contribution in [0, 0.1) is 10.1 Å². The van der Waals surface area contributed by atoms with Crippen LogP contribution in [0.5, 0.6) is 0 Å². The summed E-state index contributed by atoms with van der Waals surface area (Å²) in [7, 11) is 0. The first-order chi connectivity index (χ1) is 9.94. The molecular weight excluding hydrogens is 327 g/mol. The van der Waals surface area contributed by atoms with Crippen LogP contribution in [0.15, 0.2) is 12.1 Å². The van der Waals surface area contributed by atoms with E-state index in [1.54, 1.807) is 10.6 Å². The molecule has 2 rings (SSSR count). The summed E-state index contributed by atoms with van der Waals surface area (Å²) in [5, 5.41) is 14.2. The zero-order valence-electron chi connectivity index (χ0n) is 10.2. The molecule has 1 aromatic carbocycles. The van der Waals surface area contributed by atoms with Crippen LogP contribution < -0.4 is 10.6 Å². The van der Waals surface area contributed by atoms with Gasteiger partial charge in [0.05, 0.1) is 16.2 Å². The molecule has 0 saturated carbocycles. The number of nitrogens with one attached hydrogen (secondary N) is 2. The summed E-state index contributed by atoms with van der Waals surface area (Å²) in [6, 6.07) is 0.466. The van der Waals surface area contributed by atoms with E-state index in [1.807, 2.05) is 0 Å². The van der Waals surface area contributed by atoms with Crippen LogP contribution in [-0.4, -0.2) is 23.4 Å². The van der Waals surface area contributed by atoms with Crippen LogP contribution in [0.3, 0.4) is 0 Å². The maximum Gasteiger partial charge on any atom is 0.416 e. The van der Waals surface area contributed by atoms with Crippen molar-refractivity contribution in [3.05, 3.63) is 27.8 Å². The molecule has 0 bridgehead atoms. The van der Waals surface area contributed by atoms with E-state index < -0.39 is 52.2 Å². The van der Waals surface area contributed by atoms with Gasteiger partial charge >= 0.3 is 18.5 Å². The number of nitro groups is 1. The van der Waals surface area contributed by atoms with Crippen LogP contribution >= 0.6 is 0 Å². The van der Waals surface area contributed by atoms with Gasteiger partial charge in [-0.3, -0.25) is 10.1 Å². The van der Waals surface area contributed by atoms with Gasteiger partial charge in [-0.2, -0.15) is 22.0 Å². The van der Waals surface area contributed by atoms with Crippen LogP contribution in [-0.2, 0) is 6.18 Å². The highest BCUT2D eigenvalue weighted by Crippen LogP contribution is 2.45. The first-order valence-corrected chi connectivity index (χ1v) is 5.53. The standard InChI is InChI=1S/C10H6F7N3O2/c11-7(12)9(13,14)8-18-4-1-3(10(15,16)17)2-5(20(21)22)6(4)19-8/h1-2,7-8,18-19H. The second kappa shape index (κ2) is 4.88. The van der Waals surface area contributed by atoms with Crippen molar-refractivity contribution in [1.29, 1.82) is 0 Å². The molecule has 22 heavy (non-hydrogen) atoms. The summed E-state index contributed by atoms with van der Waals surface area (Å²) in [6.07, 6.45) is -11.6. The summed E-state index contributed by atoms with van der Waals surface area (Å²) >= 11 is 0. The molecule has 0 aliphatic carbocycles. The molecule has 1 unspecified atom stereocenters. The first-order valence-electron chi connectivity index (χ1n) is 5.53. The molecule has 0 aromatic heterocycles. The summed E-state index contributed by atoms with van der Waals surface area (Å²) in [5.74, 6) is -4.65. The van der Waals surface area contributed by atoms with E-state index in [0.717, 1.165) is 0 Å². The van der Waals surface area contributed by atoms with Gasteiger partial charge < -0.3 is 10.6 Å². The highest BCUT2D eigenvalue weighted by molar-refractivity contribution is 5.84. The van der Waals surface area contributed by atoms with E-state index in [-0.39, 0.29) is 6.07 Å². The van der Waals surface area contributed by atoms with E-state index in [2.05, 4.69) is 0 Å². The predicted molar refractivity (Wildman–Crippen MR) is 60.1 cm³/mol. The lowest BCUT2D eigenvalue weighted by Crippen LogP contribution is -2.47. The fraction of sp³-hybridized carbons (Fsp3) is 0.400. The van der Waals surface area contributed by atoms with Crippen LogP contribution in [0.2, 0.25) is 0 Å². The molecule has 0 saturated heterocycles. The molecule has 2 N–H and O–H groups in total. The maximum atomic E-state index is 13.2. The van der Waals surface area contributed by atoms with Crippen LogP contribution in [0.1, 0.15) is 5.56 Å². The number of alkyl halides is 7. The van der Waals surface area contributed by atoms with Gasteiger partial charge in [0.25, 0.3) is 5.69 Å². The molecule has 0 fully saturated rings. The Balaban J connectivity index is 2.49. The van der Waals surface area contributed by atoms with E-state index in [9.17, 15) is 40.8 Å². The highest BCUT2D eigenvalue weighted by atomic mass is 19.4. The van der Waals surface area contributed by atoms with Crippen molar-refractivity contribution in [2.45, 2.75) is 24.7 Å². The molecule has 122 valence electrons. The monoisotopic (exact) mass is 333 g/mol. The Hall–Kier alpha value is -2.27. The Bertz CT molecular complexity index is 617. The smallest absolute Gasteiger partial charge is 0.358 e. The molecular formula is C10H6F7N3O2. The summed E-state index contributed by atoms with van der Waals surface area (Å²) in [6.45, 7) is 0. The van der Waals surface area contributed by atoms with Crippen molar-refractivity contribution in [2.24, 2.45) is 0 Å². The molecule has 1 aliphatic rings. The fourth-order valence-electron chi connectivity index (χ4n) is 1.85. The van der Waals surface area contributed by atoms with E-state index in [0.29, 0.717) is 6.07 Å². The maximum absolute atomic E-state index is 13.2. The molecule has 1 heterocycles. The van der Waals surface area contributed by atoms with Crippen molar-refractivity contribution < 1.29 is 35.7 Å². The first kappa shape index (κ1) is 16.1. The number of anilines is 2. The third-order valence-electron chi connectivity index (χ3n) is 2.91. The fourth-order valence-corrected chi connectivity index (χ4v) is 1.85. The van der Waals surface area contributed by atoms with Crippen molar-refractivity contribution in [1.82, 2.24) is 0 Å². The van der Waals surface area contributed by atoms with Gasteiger partial charge in [0.2, 0.25) is 0 Å². The van der Waals surface area contributed by atoms with Crippen molar-refractivity contribution in [2.75, 3.05) is 10.6 Å². The molecule has 1 aromatic rings. The van der Waals surface area contributed by atoms with Gasteiger partial charge in [0.1, 0.15) is 5.69 Å². The second-order valence-electron chi connectivity index (χ2n) is 4.37. The zero-order valence-corrected chi connectivity index (χ0v) is 10.2. The minimum Gasteiger partial charge on any atom is -0.358 e. The molecule has 1 atom stereocenters. The molecule has 1 aliphatic heterocycles. The summed E-state index contributed by atoms with van der Waals surface area (Å²) in [5.41, 5.74) is -4.02. The Labute approximate surface area is 117 Å². The van der Waals surface area contributed by atoms with Crippen molar-refractivity contribution in [3.8, 4) is 0 Å². The Morgan fingerprint density at radius 1 is 1.14 bits per heavy atom. The Kier molecular flexibility index (Phi) is 3.57. The zero-order chi connectivity index (χ0) is 16.9. The number of halogens is 7. The molecule has 0 amide bonds. The average molecular weight is 333 g/mol. The number of rotatable bonds is 3. The lowest BCUT2D eigenvalue weighted by Gasteiger charge is -2.22. The number of hydrogen-bond donors (Lipinski definition) is 2. The van der Waals surface area contributed by atoms with E-state index in [4.69, 9.17) is 0 Å². The van der Waals surface area contributed by atoms with Crippen LogP contribution in [0.25, 0.3) is 0 Å². The second-order valence-corrected chi connectivity index (χ2v) is 4.37. The van der Waals surface area contributed by atoms with Gasteiger partial charge in [0, 0.05) is 6.07 Å². The van der Waals surface area contributed by atoms with Gasteiger partial charge in [-0.15, -0.1) is 0 Å². The number of fused-ring (bicyclic) bond motifs is 1. The molecule has 5 nitrogen and oxygen atoms in total. The largest absolute Gasteiger partial charge is 0.416 e. The van der Waals surface area contributed by atoms with Crippen molar-refractivity contribution in [3.63, 3.8) is 0 Å². The third-order valence-corrected chi connectivity index (χ3v) is 2.91. The van der Waals surface area contributed by atoms with Gasteiger partial charge in [-0.25, -0.2) is 8.78 Å². The highest BCUT2D eigenvalue weighted by Gasteiger charge is 2.52. The Morgan fingerprint density at radius 3 is 2.18 bits per heavy atom. The third kappa shape index (κ3) is 2.60. The van der Waals surface area contributed by atoms with E-state index >= 15 is 0 Å². The van der Waals surface area contributed by atoms with E-state index in [1.165, 1.54) is 0 Å². The SMILES string of the molecule is O=[N+]([O-])c1cc(C(F)(F)F)cc2c1NC(C(F)(F)C(F)F)N2. The van der Waals surface area contributed by atoms with Crippen molar-refractivity contribution >= 4 is 17.1 Å². The van der Waals surface area contributed by atoms with Gasteiger partial charge in [-0.05, 0) is 6.07 Å². The number of nitro benzene ring substituents is 1. The Morgan fingerprint density at radius 2 is 1.73 bits per heavy atom. The lowest BCUT2D eigenvalue weighted by molar-refractivity contribution is -0.384. The quantitative estimate of drug-likeness (QED) is 0.503. The minimum atomic E-state index is -4.97. The average Bonchev–Trinajstić information content (AvgIpc) is 2.80. The lowest BCUT2D eigenvalue weighted by atomic mass is 10.1. The van der Waals surface area contributed by atoms with Crippen LogP contribution in [0.4, 0.5) is 47.8 Å². The number of nitrogens with zero attached hydrogens (tertiary/aromatic N) is 1. The summed E-state index contributed by atoms with van der Waals surface area (Å²) in [4.78, 5) is 9.53. The molecule has 0 radical (unpaired) electrons. The number of benzene rings is 1. The normalized spacial score (nSPS) is 17.9. The molecule has 0 spiro atoms. The minimum absolute atomic E-state index is 0.135. The van der Waals surface area contributed by atoms with Gasteiger partial charge in [-0.1, -0.05) is 0 Å². The summed E-state index contributed by atoms with van der Waals surface area (Å²) < 4.78 is 88.8. The number of hydrogen-bond acceptors (Lipinski definition) is 4. The molecule has 12 heteroatoms. The topological polar surface area (TPSA) is 67.2 Å².